The van der Waals surface area contributed by atoms with Crippen LogP contribution in [0.4, 0.5) is 13.2 Å². The van der Waals surface area contributed by atoms with Gasteiger partial charge in [0.05, 0.1) is 13.1 Å². The second kappa shape index (κ2) is 7.28. The molecule has 0 saturated carbocycles. The fourth-order valence-electron chi connectivity index (χ4n) is 1.83. The summed E-state index contributed by atoms with van der Waals surface area (Å²) < 4.78 is 36.0. The third-order valence-electron chi connectivity index (χ3n) is 2.79. The van der Waals surface area contributed by atoms with E-state index in [9.17, 15) is 18.0 Å². The number of amides is 1. The zero-order chi connectivity index (χ0) is 15.2. The van der Waals surface area contributed by atoms with Gasteiger partial charge in [-0.1, -0.05) is 29.8 Å². The Balaban J connectivity index is 2.51. The van der Waals surface area contributed by atoms with E-state index in [0.29, 0.717) is 13.1 Å². The van der Waals surface area contributed by atoms with Crippen LogP contribution >= 0.6 is 0 Å². The number of aryl methyl sites for hydroxylation is 1. The van der Waals surface area contributed by atoms with Crippen molar-refractivity contribution in [2.45, 2.75) is 26.6 Å². The highest BCUT2D eigenvalue weighted by atomic mass is 19.4. The van der Waals surface area contributed by atoms with E-state index >= 15 is 0 Å². The van der Waals surface area contributed by atoms with Gasteiger partial charge in [0, 0.05) is 13.1 Å². The molecule has 0 bridgehead atoms. The summed E-state index contributed by atoms with van der Waals surface area (Å²) in [6.45, 7) is 3.16. The first-order valence-corrected chi connectivity index (χ1v) is 6.42. The summed E-state index contributed by atoms with van der Waals surface area (Å²) in [5.41, 5.74) is 2.05. The third kappa shape index (κ3) is 6.06. The standard InChI is InChI=1S/C14H19F3N2O/c1-3-19(9-12-6-4-5-11(2)7-12)13(20)8-18-10-14(15,16)17/h4-7,18H,3,8-10H2,1-2H3. The van der Waals surface area contributed by atoms with Crippen LogP contribution in [-0.4, -0.2) is 36.6 Å². The number of hydrogen-bond acceptors (Lipinski definition) is 2. The molecule has 0 aliphatic heterocycles. The number of benzene rings is 1. The number of alkyl halides is 3. The molecule has 0 saturated heterocycles. The number of nitrogens with zero attached hydrogens (tertiary/aromatic N) is 1. The normalized spacial score (nSPS) is 11.4. The summed E-state index contributed by atoms with van der Waals surface area (Å²) >= 11 is 0. The molecule has 0 unspecified atom stereocenters. The maximum atomic E-state index is 12.0. The number of nitrogens with one attached hydrogen (secondary N) is 1. The second-order valence-corrected chi connectivity index (χ2v) is 4.62. The van der Waals surface area contributed by atoms with Gasteiger partial charge in [-0.15, -0.1) is 0 Å². The van der Waals surface area contributed by atoms with E-state index in [1.165, 1.54) is 4.90 Å². The molecule has 1 aromatic rings. The monoisotopic (exact) mass is 288 g/mol. The Kier molecular flexibility index (Phi) is 6.01. The minimum atomic E-state index is -4.30. The number of halogens is 3. The molecule has 0 aliphatic rings. The smallest absolute Gasteiger partial charge is 0.338 e. The molecule has 0 spiro atoms. The van der Waals surface area contributed by atoms with Gasteiger partial charge in [0.15, 0.2) is 0 Å². The summed E-state index contributed by atoms with van der Waals surface area (Å²) in [6.07, 6.45) is -4.30. The Morgan fingerprint density at radius 1 is 1.35 bits per heavy atom. The fourth-order valence-corrected chi connectivity index (χ4v) is 1.83. The summed E-state index contributed by atoms with van der Waals surface area (Å²) in [5.74, 6) is -0.335. The Labute approximate surface area is 116 Å². The molecule has 0 heterocycles. The predicted molar refractivity (Wildman–Crippen MR) is 71.2 cm³/mol. The van der Waals surface area contributed by atoms with Gasteiger partial charge in [0.25, 0.3) is 0 Å². The van der Waals surface area contributed by atoms with Crippen molar-refractivity contribution in [1.29, 1.82) is 0 Å². The second-order valence-electron chi connectivity index (χ2n) is 4.62. The largest absolute Gasteiger partial charge is 0.401 e. The van der Waals surface area contributed by atoms with Gasteiger partial charge in [0.1, 0.15) is 0 Å². The molecule has 0 aliphatic carbocycles. The van der Waals surface area contributed by atoms with E-state index in [-0.39, 0.29) is 12.5 Å². The van der Waals surface area contributed by atoms with E-state index in [1.54, 1.807) is 6.92 Å². The van der Waals surface area contributed by atoms with Crippen molar-refractivity contribution in [3.05, 3.63) is 35.4 Å². The number of likely N-dealkylation sites (N-methyl/N-ethyl adjacent to an activating group) is 1. The average molecular weight is 288 g/mol. The first-order chi connectivity index (χ1) is 9.31. The molecule has 0 aromatic heterocycles. The predicted octanol–water partition coefficient (Wildman–Crippen LogP) is 2.50. The molecule has 20 heavy (non-hydrogen) atoms. The number of hydrogen-bond donors (Lipinski definition) is 1. The Bertz CT molecular complexity index is 446. The fraction of sp³-hybridized carbons (Fsp3) is 0.500. The van der Waals surface area contributed by atoms with Gasteiger partial charge in [-0.3, -0.25) is 4.79 Å². The number of rotatable bonds is 6. The molecule has 1 amide bonds. The topological polar surface area (TPSA) is 32.3 Å². The van der Waals surface area contributed by atoms with Crippen LogP contribution < -0.4 is 5.32 Å². The quantitative estimate of drug-likeness (QED) is 0.872. The molecule has 6 heteroatoms. The van der Waals surface area contributed by atoms with Crippen molar-refractivity contribution < 1.29 is 18.0 Å². The van der Waals surface area contributed by atoms with Gasteiger partial charge < -0.3 is 10.2 Å². The van der Waals surface area contributed by atoms with Crippen molar-refractivity contribution in [2.75, 3.05) is 19.6 Å². The number of carbonyl (C=O) groups excluding carboxylic acids is 1. The van der Waals surface area contributed by atoms with Crippen LogP contribution in [0.2, 0.25) is 0 Å². The molecule has 1 N–H and O–H groups in total. The van der Waals surface area contributed by atoms with Crippen LogP contribution in [-0.2, 0) is 11.3 Å². The van der Waals surface area contributed by atoms with Gasteiger partial charge in [-0.25, -0.2) is 0 Å². The lowest BCUT2D eigenvalue weighted by Crippen LogP contribution is -2.40. The molecule has 0 fully saturated rings. The van der Waals surface area contributed by atoms with Crippen molar-refractivity contribution in [1.82, 2.24) is 10.2 Å². The molecule has 1 aromatic carbocycles. The molecule has 0 atom stereocenters. The minimum absolute atomic E-state index is 0.306. The summed E-state index contributed by atoms with van der Waals surface area (Å²) in [4.78, 5) is 13.4. The Morgan fingerprint density at radius 2 is 2.05 bits per heavy atom. The average Bonchev–Trinajstić information content (AvgIpc) is 2.34. The van der Waals surface area contributed by atoms with Crippen molar-refractivity contribution >= 4 is 5.91 Å². The van der Waals surface area contributed by atoms with E-state index in [2.05, 4.69) is 5.32 Å². The molecule has 1 rings (SSSR count). The Morgan fingerprint density at radius 3 is 2.60 bits per heavy atom. The zero-order valence-corrected chi connectivity index (χ0v) is 11.6. The van der Waals surface area contributed by atoms with Crippen LogP contribution in [0.1, 0.15) is 18.1 Å². The van der Waals surface area contributed by atoms with Crippen LogP contribution in [0.15, 0.2) is 24.3 Å². The molecular weight excluding hydrogens is 269 g/mol. The molecule has 0 radical (unpaired) electrons. The first-order valence-electron chi connectivity index (χ1n) is 6.42. The van der Waals surface area contributed by atoms with Crippen molar-refractivity contribution in [3.63, 3.8) is 0 Å². The Hall–Kier alpha value is -1.56. The maximum Gasteiger partial charge on any atom is 0.401 e. The molecule has 112 valence electrons. The van der Waals surface area contributed by atoms with Crippen molar-refractivity contribution in [2.24, 2.45) is 0 Å². The van der Waals surface area contributed by atoms with Crippen LogP contribution in [0.3, 0.4) is 0 Å². The number of carbonyl (C=O) groups is 1. The SMILES string of the molecule is CCN(Cc1cccc(C)c1)C(=O)CNCC(F)(F)F. The lowest BCUT2D eigenvalue weighted by Gasteiger charge is -2.21. The van der Waals surface area contributed by atoms with E-state index in [4.69, 9.17) is 0 Å². The van der Waals surface area contributed by atoms with E-state index in [0.717, 1.165) is 11.1 Å². The maximum absolute atomic E-state index is 12.0. The summed E-state index contributed by atoms with van der Waals surface area (Å²) in [7, 11) is 0. The van der Waals surface area contributed by atoms with Gasteiger partial charge in [0.2, 0.25) is 5.91 Å². The zero-order valence-electron chi connectivity index (χ0n) is 11.6. The third-order valence-corrected chi connectivity index (χ3v) is 2.79. The van der Waals surface area contributed by atoms with Gasteiger partial charge >= 0.3 is 6.18 Å². The van der Waals surface area contributed by atoms with Crippen LogP contribution in [0.5, 0.6) is 0 Å². The van der Waals surface area contributed by atoms with Crippen LogP contribution in [0.25, 0.3) is 0 Å². The highest BCUT2D eigenvalue weighted by Crippen LogP contribution is 2.12. The first kappa shape index (κ1) is 16.5. The van der Waals surface area contributed by atoms with Gasteiger partial charge in [-0.2, -0.15) is 13.2 Å². The molecular formula is C14H19F3N2O. The van der Waals surface area contributed by atoms with Crippen LogP contribution in [0, 0.1) is 6.92 Å². The highest BCUT2D eigenvalue weighted by molar-refractivity contribution is 5.78. The van der Waals surface area contributed by atoms with E-state index in [1.807, 2.05) is 31.2 Å². The van der Waals surface area contributed by atoms with E-state index < -0.39 is 12.7 Å². The lowest BCUT2D eigenvalue weighted by atomic mass is 10.1. The summed E-state index contributed by atoms with van der Waals surface area (Å²) in [5, 5.41) is 2.12. The van der Waals surface area contributed by atoms with Crippen molar-refractivity contribution in [3.8, 4) is 0 Å². The highest BCUT2D eigenvalue weighted by Gasteiger charge is 2.26. The summed E-state index contributed by atoms with van der Waals surface area (Å²) in [6, 6.07) is 7.70. The lowest BCUT2D eigenvalue weighted by molar-refractivity contribution is -0.134. The molecule has 3 nitrogen and oxygen atoms in total. The minimum Gasteiger partial charge on any atom is -0.338 e. The van der Waals surface area contributed by atoms with Gasteiger partial charge in [-0.05, 0) is 19.4 Å².